The Morgan fingerprint density at radius 1 is 1.28 bits per heavy atom. The largest absolute Gasteiger partial charge is 0.480 e. The first-order valence-electron chi connectivity index (χ1n) is 9.92. The molecular weight excluding hydrogens is 376 g/mol. The number of hydrogen-bond donors (Lipinski definition) is 1. The summed E-state index contributed by atoms with van der Waals surface area (Å²) in [6, 6.07) is 3.15. The van der Waals surface area contributed by atoms with E-state index < -0.39 is 28.6 Å². The Morgan fingerprint density at radius 3 is 2.41 bits per heavy atom. The van der Waals surface area contributed by atoms with Crippen molar-refractivity contribution in [1.82, 2.24) is 4.90 Å². The van der Waals surface area contributed by atoms with Crippen molar-refractivity contribution < 1.29 is 24.4 Å². The zero-order chi connectivity index (χ0) is 21.6. The Hall–Kier alpha value is -2.48. The fourth-order valence-corrected chi connectivity index (χ4v) is 4.57. The molecule has 1 aromatic rings. The number of ether oxygens (including phenoxy) is 1. The zero-order valence-electron chi connectivity index (χ0n) is 17.3. The van der Waals surface area contributed by atoms with Gasteiger partial charge in [0.15, 0.2) is 6.04 Å². The van der Waals surface area contributed by atoms with E-state index in [2.05, 4.69) is 20.8 Å². The van der Waals surface area contributed by atoms with Crippen molar-refractivity contribution in [3.05, 3.63) is 39.4 Å². The smallest absolute Gasteiger partial charge is 0.328 e. The molecule has 1 N–H and O–H groups in total. The lowest BCUT2D eigenvalue weighted by atomic mass is 9.70. The number of rotatable bonds is 3. The number of carbonyl (C=O) groups is 2. The molecule has 2 aliphatic rings. The van der Waals surface area contributed by atoms with E-state index in [9.17, 15) is 24.8 Å². The standard InChI is InChI=1S/C21H28N2O6/c1-13-5-6-14(11-16(13)23(27)28)18(24)22-17(19(25)26)12-29-21(22)9-7-15(8-10-21)20(2,3)4/h5-6,11,15,17H,7-10,12H2,1-4H3,(H,25,26)/t15?,17-,21?/m0/s1. The van der Waals surface area contributed by atoms with Crippen molar-refractivity contribution >= 4 is 17.6 Å². The Balaban J connectivity index is 1.95. The average Bonchev–Trinajstić information content (AvgIpc) is 2.99. The fourth-order valence-electron chi connectivity index (χ4n) is 4.57. The highest BCUT2D eigenvalue weighted by atomic mass is 16.6. The maximum absolute atomic E-state index is 13.4. The molecule has 3 rings (SSSR count). The van der Waals surface area contributed by atoms with E-state index in [0.717, 1.165) is 12.8 Å². The molecule has 0 aromatic heterocycles. The van der Waals surface area contributed by atoms with E-state index >= 15 is 0 Å². The van der Waals surface area contributed by atoms with E-state index in [4.69, 9.17) is 4.74 Å². The van der Waals surface area contributed by atoms with Gasteiger partial charge in [-0.2, -0.15) is 0 Å². The van der Waals surface area contributed by atoms with Crippen LogP contribution in [-0.4, -0.2) is 45.2 Å². The second-order valence-corrected chi connectivity index (χ2v) is 9.19. The van der Waals surface area contributed by atoms with Gasteiger partial charge in [0.2, 0.25) is 0 Å². The van der Waals surface area contributed by atoms with Crippen LogP contribution >= 0.6 is 0 Å². The number of carboxylic acid groups (broad SMARTS) is 1. The highest BCUT2D eigenvalue weighted by Gasteiger charge is 2.54. The highest BCUT2D eigenvalue weighted by molar-refractivity contribution is 5.98. The van der Waals surface area contributed by atoms with Gasteiger partial charge in [-0.15, -0.1) is 0 Å². The Bertz CT molecular complexity index is 836. The van der Waals surface area contributed by atoms with Gasteiger partial charge in [-0.1, -0.05) is 26.8 Å². The first kappa shape index (κ1) is 21.2. The third-order valence-corrected chi connectivity index (χ3v) is 6.41. The number of benzene rings is 1. The molecule has 1 amide bonds. The molecule has 1 saturated carbocycles. The summed E-state index contributed by atoms with van der Waals surface area (Å²) in [5.74, 6) is -1.21. The van der Waals surface area contributed by atoms with E-state index in [1.54, 1.807) is 6.92 Å². The summed E-state index contributed by atoms with van der Waals surface area (Å²) in [6.07, 6.45) is 2.76. The predicted octanol–water partition coefficient (Wildman–Crippen LogP) is 3.76. The van der Waals surface area contributed by atoms with Crippen LogP contribution in [0.25, 0.3) is 0 Å². The van der Waals surface area contributed by atoms with Gasteiger partial charge in [0.25, 0.3) is 11.6 Å². The number of aryl methyl sites for hydroxylation is 1. The second kappa shape index (κ2) is 7.40. The quantitative estimate of drug-likeness (QED) is 0.607. The zero-order valence-corrected chi connectivity index (χ0v) is 17.3. The van der Waals surface area contributed by atoms with Crippen molar-refractivity contribution in [2.24, 2.45) is 11.3 Å². The van der Waals surface area contributed by atoms with Crippen LogP contribution < -0.4 is 0 Å². The summed E-state index contributed by atoms with van der Waals surface area (Å²) in [4.78, 5) is 37.3. The van der Waals surface area contributed by atoms with Gasteiger partial charge in [-0.25, -0.2) is 4.79 Å². The van der Waals surface area contributed by atoms with Gasteiger partial charge in [-0.05, 0) is 50.0 Å². The first-order valence-corrected chi connectivity index (χ1v) is 9.92. The first-order chi connectivity index (χ1) is 13.5. The molecule has 1 saturated heterocycles. The number of amides is 1. The molecule has 158 valence electrons. The molecule has 0 radical (unpaired) electrons. The van der Waals surface area contributed by atoms with Crippen LogP contribution in [0.4, 0.5) is 5.69 Å². The van der Waals surface area contributed by atoms with Crippen molar-refractivity contribution in [1.29, 1.82) is 0 Å². The van der Waals surface area contributed by atoms with Crippen LogP contribution in [0.3, 0.4) is 0 Å². The molecule has 1 heterocycles. The van der Waals surface area contributed by atoms with Gasteiger partial charge in [0.1, 0.15) is 5.72 Å². The molecular formula is C21H28N2O6. The molecule has 1 aliphatic heterocycles. The van der Waals surface area contributed by atoms with Gasteiger partial charge in [0, 0.05) is 17.2 Å². The monoisotopic (exact) mass is 404 g/mol. The number of carbonyl (C=O) groups excluding carboxylic acids is 1. The number of nitro benzene ring substituents is 1. The number of carboxylic acids is 1. The van der Waals surface area contributed by atoms with Crippen LogP contribution in [0, 0.1) is 28.4 Å². The molecule has 8 nitrogen and oxygen atoms in total. The lowest BCUT2D eigenvalue weighted by Crippen LogP contribution is -2.55. The van der Waals surface area contributed by atoms with Gasteiger partial charge in [-0.3, -0.25) is 19.8 Å². The number of aliphatic carboxylic acids is 1. The predicted molar refractivity (Wildman–Crippen MR) is 106 cm³/mol. The van der Waals surface area contributed by atoms with Crippen molar-refractivity contribution in [2.45, 2.75) is 65.1 Å². The summed E-state index contributed by atoms with van der Waals surface area (Å²) in [5.41, 5.74) is -0.454. The molecule has 0 unspecified atom stereocenters. The maximum Gasteiger partial charge on any atom is 0.328 e. The van der Waals surface area contributed by atoms with Crippen molar-refractivity contribution in [3.63, 3.8) is 0 Å². The normalized spacial score (nSPS) is 27.2. The Kier molecular flexibility index (Phi) is 5.42. The van der Waals surface area contributed by atoms with Gasteiger partial charge >= 0.3 is 5.97 Å². The number of nitro groups is 1. The van der Waals surface area contributed by atoms with E-state index in [1.807, 2.05) is 0 Å². The van der Waals surface area contributed by atoms with Crippen LogP contribution in [-0.2, 0) is 9.53 Å². The van der Waals surface area contributed by atoms with Crippen LogP contribution in [0.1, 0.15) is 62.4 Å². The van der Waals surface area contributed by atoms with E-state index in [-0.39, 0.29) is 23.3 Å². The Morgan fingerprint density at radius 2 is 1.90 bits per heavy atom. The minimum atomic E-state index is -1.13. The van der Waals surface area contributed by atoms with Crippen LogP contribution in [0.2, 0.25) is 0 Å². The van der Waals surface area contributed by atoms with Crippen molar-refractivity contribution in [2.75, 3.05) is 6.61 Å². The summed E-state index contributed by atoms with van der Waals surface area (Å²) < 4.78 is 5.96. The lowest BCUT2D eigenvalue weighted by Gasteiger charge is -2.46. The van der Waals surface area contributed by atoms with Crippen molar-refractivity contribution in [3.8, 4) is 0 Å². The van der Waals surface area contributed by atoms with Gasteiger partial charge in [0.05, 0.1) is 11.5 Å². The summed E-state index contributed by atoms with van der Waals surface area (Å²) in [6.45, 7) is 8.06. The average molecular weight is 404 g/mol. The summed E-state index contributed by atoms with van der Waals surface area (Å²) in [5, 5.41) is 21.0. The molecule has 2 fully saturated rings. The lowest BCUT2D eigenvalue weighted by molar-refractivity contribution is -0.385. The Labute approximate surface area is 170 Å². The SMILES string of the molecule is Cc1ccc(C(=O)N2[C@H](C(=O)O)COC23CCC(C(C)(C)C)CC3)cc1[N+](=O)[O-]. The van der Waals surface area contributed by atoms with Crippen LogP contribution in [0.15, 0.2) is 18.2 Å². The molecule has 1 aromatic carbocycles. The molecule has 0 bridgehead atoms. The van der Waals surface area contributed by atoms with E-state index in [1.165, 1.54) is 23.1 Å². The molecule has 1 spiro atoms. The second-order valence-electron chi connectivity index (χ2n) is 9.19. The molecule has 1 aliphatic carbocycles. The van der Waals surface area contributed by atoms with E-state index in [0.29, 0.717) is 24.3 Å². The summed E-state index contributed by atoms with van der Waals surface area (Å²) in [7, 11) is 0. The molecule has 29 heavy (non-hydrogen) atoms. The van der Waals surface area contributed by atoms with Gasteiger partial charge < -0.3 is 9.84 Å². The molecule has 8 heteroatoms. The number of hydrogen-bond acceptors (Lipinski definition) is 5. The summed E-state index contributed by atoms with van der Waals surface area (Å²) >= 11 is 0. The third kappa shape index (κ3) is 3.85. The highest BCUT2D eigenvalue weighted by Crippen LogP contribution is 2.47. The minimum absolute atomic E-state index is 0.0742. The topological polar surface area (TPSA) is 110 Å². The van der Waals surface area contributed by atoms with Crippen LogP contribution in [0.5, 0.6) is 0 Å². The third-order valence-electron chi connectivity index (χ3n) is 6.41. The number of nitrogens with zero attached hydrogens (tertiary/aromatic N) is 2. The fraction of sp³-hybridized carbons (Fsp3) is 0.619. The minimum Gasteiger partial charge on any atom is -0.480 e. The molecule has 1 atom stereocenters. The maximum atomic E-state index is 13.4.